The van der Waals surface area contributed by atoms with Gasteiger partial charge in [0.1, 0.15) is 5.60 Å². The van der Waals surface area contributed by atoms with E-state index in [0.29, 0.717) is 18.7 Å². The maximum Gasteiger partial charge on any atom is 0.275 e. The Bertz CT molecular complexity index is 1550. The van der Waals surface area contributed by atoms with Crippen LogP contribution in [0.25, 0.3) is 11.3 Å². The van der Waals surface area contributed by atoms with Gasteiger partial charge in [-0.05, 0) is 48.8 Å². The molecule has 3 aromatic carbocycles. The predicted molar refractivity (Wildman–Crippen MR) is 179 cm³/mol. The molecule has 0 spiro atoms. The number of benzene rings is 3. The van der Waals surface area contributed by atoms with Crippen molar-refractivity contribution < 1.29 is 14.6 Å². The van der Waals surface area contributed by atoms with Crippen LogP contribution in [0.1, 0.15) is 58.9 Å². The van der Waals surface area contributed by atoms with E-state index in [1.807, 2.05) is 53.4 Å². The molecule has 45 heavy (non-hydrogen) atoms. The van der Waals surface area contributed by atoms with Gasteiger partial charge in [0, 0.05) is 31.2 Å². The van der Waals surface area contributed by atoms with Crippen LogP contribution in [0.2, 0.25) is 0 Å². The maximum absolute atomic E-state index is 14.4. The summed E-state index contributed by atoms with van der Waals surface area (Å²) < 4.78 is 8.57. The van der Waals surface area contributed by atoms with Gasteiger partial charge in [0.05, 0.1) is 30.8 Å². The van der Waals surface area contributed by atoms with Crippen molar-refractivity contribution in [2.45, 2.75) is 68.7 Å². The Morgan fingerprint density at radius 1 is 0.956 bits per heavy atom. The van der Waals surface area contributed by atoms with Gasteiger partial charge in [0.25, 0.3) is 5.91 Å². The fourth-order valence-electron chi connectivity index (χ4n) is 7.54. The van der Waals surface area contributed by atoms with E-state index in [4.69, 9.17) is 9.72 Å². The number of nitrogens with one attached hydrogen (secondary N) is 1. The summed E-state index contributed by atoms with van der Waals surface area (Å²) in [6, 6.07) is 28.7. The van der Waals surface area contributed by atoms with Crippen LogP contribution < -0.4 is 5.32 Å². The standard InChI is InChI=1S/C37H42N4O3.ClH/c42-36(40-20-19-38-24-31(40)21-27-11-3-1-4-12-27)34-35(28-13-5-2-6-14-28)41(26-39-34)33-17-9-10-18-37(33,43)25-44-32-22-29-15-7-8-16-30(29)23-32;/h1-8,11-16,26,31-33,38,43H,9-10,17-25H2;1H/t31-,33+,37+;/m1./s1. The number of aromatic nitrogens is 2. The van der Waals surface area contributed by atoms with Gasteiger partial charge in [-0.1, -0.05) is 97.8 Å². The first-order valence-electron chi connectivity index (χ1n) is 16.2. The number of nitrogens with zero attached hydrogens (tertiary/aromatic N) is 3. The molecule has 3 aliphatic rings. The second kappa shape index (κ2) is 13.9. The lowest BCUT2D eigenvalue weighted by Gasteiger charge is -2.41. The van der Waals surface area contributed by atoms with E-state index in [2.05, 4.69) is 46.3 Å². The topological polar surface area (TPSA) is 79.6 Å². The predicted octanol–water partition coefficient (Wildman–Crippen LogP) is 5.66. The molecule has 4 aromatic rings. The van der Waals surface area contributed by atoms with Crippen molar-refractivity contribution in [2.75, 3.05) is 26.2 Å². The molecule has 0 bridgehead atoms. The number of aliphatic hydroxyl groups is 1. The summed E-state index contributed by atoms with van der Waals surface area (Å²) in [6.45, 7) is 2.39. The summed E-state index contributed by atoms with van der Waals surface area (Å²) in [5.74, 6) is -0.0515. The van der Waals surface area contributed by atoms with Crippen LogP contribution in [0.5, 0.6) is 0 Å². The summed E-state index contributed by atoms with van der Waals surface area (Å²) >= 11 is 0. The Kier molecular flexibility index (Phi) is 9.71. The largest absolute Gasteiger partial charge is 0.385 e. The van der Waals surface area contributed by atoms with Crippen LogP contribution in [-0.2, 0) is 24.0 Å². The molecule has 1 amide bonds. The second-order valence-corrected chi connectivity index (χ2v) is 12.7. The van der Waals surface area contributed by atoms with Crippen molar-refractivity contribution in [2.24, 2.45) is 0 Å². The number of carbonyl (C=O) groups is 1. The average Bonchev–Trinajstić information content (AvgIpc) is 3.70. The summed E-state index contributed by atoms with van der Waals surface area (Å²) in [5, 5.41) is 15.7. The zero-order valence-corrected chi connectivity index (χ0v) is 26.5. The van der Waals surface area contributed by atoms with E-state index in [1.165, 1.54) is 16.7 Å². The van der Waals surface area contributed by atoms with Crippen molar-refractivity contribution in [1.82, 2.24) is 19.8 Å². The lowest BCUT2D eigenvalue weighted by molar-refractivity contribution is -0.115. The van der Waals surface area contributed by atoms with E-state index in [0.717, 1.165) is 62.9 Å². The molecule has 2 aliphatic carbocycles. The van der Waals surface area contributed by atoms with E-state index in [1.54, 1.807) is 6.33 Å². The van der Waals surface area contributed by atoms with Crippen LogP contribution in [0.3, 0.4) is 0 Å². The Hall–Kier alpha value is -3.49. The lowest BCUT2D eigenvalue weighted by atomic mass is 9.80. The molecule has 0 unspecified atom stereocenters. The molecule has 1 saturated carbocycles. The van der Waals surface area contributed by atoms with Gasteiger partial charge in [-0.2, -0.15) is 0 Å². The van der Waals surface area contributed by atoms with Crippen molar-refractivity contribution >= 4 is 18.3 Å². The molecule has 2 heterocycles. The van der Waals surface area contributed by atoms with Crippen molar-refractivity contribution in [3.8, 4) is 11.3 Å². The summed E-state index contributed by atoms with van der Waals surface area (Å²) in [4.78, 5) is 21.2. The first kappa shape index (κ1) is 31.5. The first-order valence-corrected chi connectivity index (χ1v) is 16.2. The maximum atomic E-state index is 14.4. The molecule has 8 heteroatoms. The average molecular weight is 627 g/mol. The quantitative estimate of drug-likeness (QED) is 0.264. The number of rotatable bonds is 8. The summed E-state index contributed by atoms with van der Waals surface area (Å²) in [5.41, 5.74) is 5.01. The van der Waals surface area contributed by atoms with Gasteiger partial charge >= 0.3 is 0 Å². The number of imidazole rings is 1. The van der Waals surface area contributed by atoms with Gasteiger partial charge < -0.3 is 24.6 Å². The number of hydrogen-bond donors (Lipinski definition) is 2. The molecule has 3 atom stereocenters. The van der Waals surface area contributed by atoms with E-state index in [9.17, 15) is 9.90 Å². The fraction of sp³-hybridized carbons (Fsp3) is 0.405. The van der Waals surface area contributed by atoms with Crippen LogP contribution in [-0.4, -0.2) is 69.5 Å². The van der Waals surface area contributed by atoms with Crippen LogP contribution in [0.15, 0.2) is 91.3 Å². The molecular weight excluding hydrogens is 584 g/mol. The van der Waals surface area contributed by atoms with Crippen LogP contribution in [0.4, 0.5) is 0 Å². The van der Waals surface area contributed by atoms with E-state index in [-0.39, 0.29) is 43.1 Å². The Labute approximate surface area is 272 Å². The molecule has 236 valence electrons. The monoisotopic (exact) mass is 626 g/mol. The van der Waals surface area contributed by atoms with Gasteiger partial charge in [0.15, 0.2) is 5.69 Å². The number of ether oxygens (including phenoxy) is 1. The SMILES string of the molecule is Cl.O=C(c1ncn([C@H]2CCCC[C@]2(O)COC2Cc3ccccc3C2)c1-c1ccccc1)N1CCNC[C@H]1Cc1ccccc1. The summed E-state index contributed by atoms with van der Waals surface area (Å²) in [6.07, 6.45) is 7.82. The molecule has 1 saturated heterocycles. The highest BCUT2D eigenvalue weighted by atomic mass is 35.5. The molecule has 2 fully saturated rings. The Morgan fingerprint density at radius 2 is 1.64 bits per heavy atom. The van der Waals surface area contributed by atoms with Gasteiger partial charge in [-0.25, -0.2) is 4.98 Å². The number of amides is 1. The molecule has 7 nitrogen and oxygen atoms in total. The zero-order chi connectivity index (χ0) is 29.9. The third kappa shape index (κ3) is 6.59. The number of piperazine rings is 1. The van der Waals surface area contributed by atoms with Gasteiger partial charge in [-0.15, -0.1) is 12.4 Å². The minimum absolute atomic E-state index is 0. The Morgan fingerprint density at radius 3 is 2.38 bits per heavy atom. The smallest absolute Gasteiger partial charge is 0.275 e. The third-order valence-corrected chi connectivity index (χ3v) is 9.84. The number of fused-ring (bicyclic) bond motifs is 1. The molecule has 7 rings (SSSR count). The summed E-state index contributed by atoms with van der Waals surface area (Å²) in [7, 11) is 0. The molecule has 1 aliphatic heterocycles. The zero-order valence-electron chi connectivity index (χ0n) is 25.7. The van der Waals surface area contributed by atoms with Crippen molar-refractivity contribution in [3.05, 3.63) is 114 Å². The highest BCUT2D eigenvalue weighted by Crippen LogP contribution is 2.42. The Balaban J connectivity index is 0.00000357. The van der Waals surface area contributed by atoms with Gasteiger partial charge in [-0.3, -0.25) is 4.79 Å². The highest BCUT2D eigenvalue weighted by molar-refractivity contribution is 5.98. The first-order chi connectivity index (χ1) is 21.6. The minimum atomic E-state index is -1.05. The number of carbonyl (C=O) groups excluding carboxylic acids is 1. The lowest BCUT2D eigenvalue weighted by Crippen LogP contribution is -2.54. The van der Waals surface area contributed by atoms with E-state index < -0.39 is 5.60 Å². The number of halogens is 1. The van der Waals surface area contributed by atoms with Gasteiger partial charge in [0.2, 0.25) is 0 Å². The van der Waals surface area contributed by atoms with Crippen LogP contribution >= 0.6 is 12.4 Å². The highest BCUT2D eigenvalue weighted by Gasteiger charge is 2.43. The molecule has 2 N–H and O–H groups in total. The van der Waals surface area contributed by atoms with Crippen molar-refractivity contribution in [1.29, 1.82) is 0 Å². The van der Waals surface area contributed by atoms with Crippen molar-refractivity contribution in [3.63, 3.8) is 0 Å². The minimum Gasteiger partial charge on any atom is -0.385 e. The normalized spacial score (nSPS) is 23.4. The second-order valence-electron chi connectivity index (χ2n) is 12.7. The molecule has 0 radical (unpaired) electrons. The number of hydrogen-bond acceptors (Lipinski definition) is 5. The molecular formula is C37H43ClN4O3. The molecule has 1 aromatic heterocycles. The van der Waals surface area contributed by atoms with Crippen LogP contribution in [0, 0.1) is 0 Å². The third-order valence-electron chi connectivity index (χ3n) is 9.84. The fourth-order valence-corrected chi connectivity index (χ4v) is 7.54. The van der Waals surface area contributed by atoms with E-state index >= 15 is 0 Å².